The van der Waals surface area contributed by atoms with Crippen molar-refractivity contribution in [2.24, 2.45) is 5.92 Å². The van der Waals surface area contributed by atoms with Crippen molar-refractivity contribution < 1.29 is 4.74 Å². The number of hydrogen-bond donors (Lipinski definition) is 1. The van der Waals surface area contributed by atoms with Crippen LogP contribution in [0.2, 0.25) is 0 Å². The van der Waals surface area contributed by atoms with Crippen molar-refractivity contribution in [3.05, 3.63) is 89.2 Å². The third kappa shape index (κ3) is 2.30. The standard InChI is InChI=1S/C22H20N2O/c1-14-9-10-19-16(12-14)21-17(13-25-19)20(15-6-3-2-4-7-15)22-18(24-21)8-5-11-23-22/h2-12,17,20-21,24H,13H2,1H3/t17-,20-,21+/m0/s1. The van der Waals surface area contributed by atoms with Gasteiger partial charge in [-0.1, -0.05) is 48.0 Å². The molecule has 0 spiro atoms. The number of pyridine rings is 1. The molecule has 3 nitrogen and oxygen atoms in total. The average molecular weight is 328 g/mol. The van der Waals surface area contributed by atoms with Crippen LogP contribution in [0.4, 0.5) is 5.69 Å². The van der Waals surface area contributed by atoms with Crippen molar-refractivity contribution in [3.8, 4) is 5.75 Å². The maximum atomic E-state index is 6.15. The van der Waals surface area contributed by atoms with Crippen LogP contribution in [0.1, 0.15) is 34.3 Å². The number of aromatic nitrogens is 1. The normalized spacial score (nSPS) is 23.5. The van der Waals surface area contributed by atoms with Crippen LogP contribution in [0.15, 0.2) is 66.9 Å². The van der Waals surface area contributed by atoms with E-state index in [1.54, 1.807) is 0 Å². The van der Waals surface area contributed by atoms with Gasteiger partial charge in [0.25, 0.3) is 0 Å². The second-order valence-corrected chi connectivity index (χ2v) is 6.96. The molecule has 0 radical (unpaired) electrons. The first kappa shape index (κ1) is 14.5. The zero-order valence-electron chi connectivity index (χ0n) is 14.1. The van der Waals surface area contributed by atoms with Crippen molar-refractivity contribution in [3.63, 3.8) is 0 Å². The highest BCUT2D eigenvalue weighted by Gasteiger charge is 2.42. The van der Waals surface area contributed by atoms with Crippen molar-refractivity contribution >= 4 is 5.69 Å². The number of nitrogens with one attached hydrogen (secondary N) is 1. The van der Waals surface area contributed by atoms with E-state index in [4.69, 9.17) is 9.72 Å². The fourth-order valence-corrected chi connectivity index (χ4v) is 4.25. The van der Waals surface area contributed by atoms with Gasteiger partial charge in [-0.3, -0.25) is 4.98 Å². The first-order chi connectivity index (χ1) is 12.3. The minimum Gasteiger partial charge on any atom is -0.493 e. The summed E-state index contributed by atoms with van der Waals surface area (Å²) in [6, 6.07) is 21.5. The first-order valence-electron chi connectivity index (χ1n) is 8.81. The lowest BCUT2D eigenvalue weighted by atomic mass is 9.73. The van der Waals surface area contributed by atoms with Gasteiger partial charge in [-0.2, -0.15) is 0 Å². The summed E-state index contributed by atoms with van der Waals surface area (Å²) in [6.07, 6.45) is 1.89. The van der Waals surface area contributed by atoms with Crippen molar-refractivity contribution in [2.75, 3.05) is 11.9 Å². The van der Waals surface area contributed by atoms with Crippen molar-refractivity contribution in [1.82, 2.24) is 4.98 Å². The van der Waals surface area contributed by atoms with Crippen LogP contribution in [0.5, 0.6) is 5.75 Å². The summed E-state index contributed by atoms with van der Waals surface area (Å²) in [5.41, 5.74) is 6.07. The minimum absolute atomic E-state index is 0.234. The van der Waals surface area contributed by atoms with Crippen LogP contribution in [-0.2, 0) is 0 Å². The van der Waals surface area contributed by atoms with E-state index in [2.05, 4.69) is 66.8 Å². The van der Waals surface area contributed by atoms with Crippen LogP contribution < -0.4 is 10.1 Å². The largest absolute Gasteiger partial charge is 0.493 e. The number of hydrogen-bond acceptors (Lipinski definition) is 3. The second-order valence-electron chi connectivity index (χ2n) is 6.96. The Bertz CT molecular complexity index is 922. The summed E-state index contributed by atoms with van der Waals surface area (Å²) in [4.78, 5) is 4.72. The average Bonchev–Trinajstić information content (AvgIpc) is 2.67. The van der Waals surface area contributed by atoms with Gasteiger partial charge in [-0.25, -0.2) is 0 Å². The van der Waals surface area contributed by atoms with E-state index < -0.39 is 0 Å². The molecule has 0 saturated carbocycles. The molecule has 0 bridgehead atoms. The van der Waals surface area contributed by atoms with Gasteiger partial charge >= 0.3 is 0 Å². The van der Waals surface area contributed by atoms with Gasteiger partial charge in [0.1, 0.15) is 5.75 Å². The van der Waals surface area contributed by atoms with E-state index in [0.717, 1.165) is 17.1 Å². The number of rotatable bonds is 1. The third-order valence-corrected chi connectivity index (χ3v) is 5.39. The number of ether oxygens (including phenoxy) is 1. The van der Waals surface area contributed by atoms with Gasteiger partial charge in [0.2, 0.25) is 0 Å². The maximum absolute atomic E-state index is 6.15. The molecule has 1 aromatic heterocycles. The van der Waals surface area contributed by atoms with E-state index in [-0.39, 0.29) is 12.0 Å². The summed E-state index contributed by atoms with van der Waals surface area (Å²) in [6.45, 7) is 2.83. The van der Waals surface area contributed by atoms with Gasteiger partial charge in [0.05, 0.1) is 24.0 Å². The lowest BCUT2D eigenvalue weighted by Gasteiger charge is -2.43. The molecule has 0 fully saturated rings. The Labute approximate surface area is 147 Å². The zero-order chi connectivity index (χ0) is 16.8. The Morgan fingerprint density at radius 1 is 1.04 bits per heavy atom. The fraction of sp³-hybridized carbons (Fsp3) is 0.227. The smallest absolute Gasteiger partial charge is 0.124 e. The van der Waals surface area contributed by atoms with Crippen LogP contribution >= 0.6 is 0 Å². The lowest BCUT2D eigenvalue weighted by molar-refractivity contribution is 0.182. The number of fused-ring (bicyclic) bond motifs is 4. The lowest BCUT2D eigenvalue weighted by Crippen LogP contribution is -2.39. The Morgan fingerprint density at radius 3 is 2.80 bits per heavy atom. The van der Waals surface area contributed by atoms with E-state index in [9.17, 15) is 0 Å². The molecule has 1 N–H and O–H groups in total. The first-order valence-corrected chi connectivity index (χ1v) is 8.81. The van der Waals surface area contributed by atoms with E-state index in [1.807, 2.05) is 12.3 Å². The van der Waals surface area contributed by atoms with Gasteiger partial charge in [-0.05, 0) is 30.7 Å². The Morgan fingerprint density at radius 2 is 1.92 bits per heavy atom. The molecule has 3 atom stereocenters. The van der Waals surface area contributed by atoms with Gasteiger partial charge < -0.3 is 10.1 Å². The van der Waals surface area contributed by atoms with Crippen LogP contribution in [0.3, 0.4) is 0 Å². The number of benzene rings is 2. The summed E-state index contributed by atoms with van der Waals surface area (Å²) in [7, 11) is 0. The molecule has 3 heteroatoms. The maximum Gasteiger partial charge on any atom is 0.124 e. The molecule has 124 valence electrons. The SMILES string of the molecule is Cc1ccc2c(c1)[C@H]1Nc3cccnc3[C@@H](c3ccccc3)[C@@H]1CO2. The summed E-state index contributed by atoms with van der Waals surface area (Å²) in [5, 5.41) is 3.74. The zero-order valence-corrected chi connectivity index (χ0v) is 14.1. The van der Waals surface area contributed by atoms with Crippen LogP contribution in [0, 0.1) is 12.8 Å². The molecule has 2 aliphatic rings. The van der Waals surface area contributed by atoms with Crippen molar-refractivity contribution in [2.45, 2.75) is 18.9 Å². The topological polar surface area (TPSA) is 34.2 Å². The van der Waals surface area contributed by atoms with E-state index in [0.29, 0.717) is 12.5 Å². The van der Waals surface area contributed by atoms with Gasteiger partial charge in [-0.15, -0.1) is 0 Å². The number of nitrogens with zero attached hydrogens (tertiary/aromatic N) is 1. The molecule has 3 aromatic rings. The summed E-state index contributed by atoms with van der Waals surface area (Å²) < 4.78 is 6.15. The molecule has 2 aliphatic heterocycles. The minimum atomic E-state index is 0.234. The monoisotopic (exact) mass is 328 g/mol. The highest BCUT2D eigenvalue weighted by Crippen LogP contribution is 2.50. The highest BCUT2D eigenvalue weighted by molar-refractivity contribution is 5.59. The molecule has 0 amide bonds. The van der Waals surface area contributed by atoms with Crippen molar-refractivity contribution in [1.29, 1.82) is 0 Å². The molecule has 3 heterocycles. The third-order valence-electron chi connectivity index (χ3n) is 5.39. The quantitative estimate of drug-likeness (QED) is 0.703. The van der Waals surface area contributed by atoms with Crippen LogP contribution in [0.25, 0.3) is 0 Å². The molecular weight excluding hydrogens is 308 g/mol. The predicted molar refractivity (Wildman–Crippen MR) is 99.0 cm³/mol. The number of anilines is 1. The summed E-state index contributed by atoms with van der Waals surface area (Å²) >= 11 is 0. The van der Waals surface area contributed by atoms with E-state index in [1.165, 1.54) is 16.7 Å². The molecule has 25 heavy (non-hydrogen) atoms. The summed E-state index contributed by atoms with van der Waals surface area (Å²) in [5.74, 6) is 1.55. The fourth-order valence-electron chi connectivity index (χ4n) is 4.25. The second kappa shape index (κ2) is 5.62. The van der Waals surface area contributed by atoms with Crippen LogP contribution in [-0.4, -0.2) is 11.6 Å². The highest BCUT2D eigenvalue weighted by atomic mass is 16.5. The molecule has 0 unspecified atom stereocenters. The molecule has 0 saturated heterocycles. The Kier molecular flexibility index (Phi) is 3.27. The Hall–Kier alpha value is -2.81. The Balaban J connectivity index is 1.69. The molecule has 5 rings (SSSR count). The number of aryl methyl sites for hydroxylation is 1. The molecule has 2 aromatic carbocycles. The van der Waals surface area contributed by atoms with E-state index >= 15 is 0 Å². The van der Waals surface area contributed by atoms with Gasteiger partial charge in [0, 0.05) is 23.6 Å². The molecule has 0 aliphatic carbocycles. The predicted octanol–water partition coefficient (Wildman–Crippen LogP) is 4.70. The molecular formula is C22H20N2O. The van der Waals surface area contributed by atoms with Gasteiger partial charge in [0.15, 0.2) is 0 Å².